The van der Waals surface area contributed by atoms with E-state index < -0.39 is 0 Å². The molecule has 1 saturated heterocycles. The summed E-state index contributed by atoms with van der Waals surface area (Å²) in [4.78, 5) is 6.57. The van der Waals surface area contributed by atoms with Gasteiger partial charge in [0.05, 0.1) is 0 Å². The first-order chi connectivity index (χ1) is 6.77. The molecule has 1 aliphatic heterocycles. The third kappa shape index (κ3) is 3.40. The van der Waals surface area contributed by atoms with Gasteiger partial charge in [-0.1, -0.05) is 13.8 Å². The maximum absolute atomic E-state index is 5.92. The number of thioether (sulfide) groups is 1. The summed E-state index contributed by atoms with van der Waals surface area (Å²) < 4.78 is 0. The number of hydrogen-bond donors (Lipinski definition) is 1. The molecule has 1 aliphatic rings. The molecule has 1 rings (SSSR count). The Morgan fingerprint density at radius 2 is 2.36 bits per heavy atom. The number of nitrogens with zero attached hydrogens (tertiary/aromatic N) is 2. The number of aliphatic imine (C=N–C) groups is 1. The van der Waals surface area contributed by atoms with Gasteiger partial charge in [-0.3, -0.25) is 4.99 Å². The van der Waals surface area contributed by atoms with Crippen molar-refractivity contribution in [1.29, 1.82) is 0 Å². The Labute approximate surface area is 91.1 Å². The van der Waals surface area contributed by atoms with Gasteiger partial charge in [-0.15, -0.1) is 0 Å². The highest BCUT2D eigenvalue weighted by atomic mass is 32.2. The van der Waals surface area contributed by atoms with Gasteiger partial charge in [0, 0.05) is 30.6 Å². The van der Waals surface area contributed by atoms with Crippen LogP contribution in [0.2, 0.25) is 0 Å². The lowest BCUT2D eigenvalue weighted by Crippen LogP contribution is -2.45. The minimum absolute atomic E-state index is 0.735. The van der Waals surface area contributed by atoms with Crippen LogP contribution in [-0.2, 0) is 0 Å². The number of nitrogens with two attached hydrogens (primary N) is 1. The normalized spacial score (nSPS) is 24.0. The summed E-state index contributed by atoms with van der Waals surface area (Å²) in [7, 11) is 0. The van der Waals surface area contributed by atoms with E-state index >= 15 is 0 Å². The van der Waals surface area contributed by atoms with E-state index in [4.69, 9.17) is 5.73 Å². The molecule has 2 N–H and O–H groups in total. The molecule has 14 heavy (non-hydrogen) atoms. The summed E-state index contributed by atoms with van der Waals surface area (Å²) >= 11 is 2.06. The van der Waals surface area contributed by atoms with Crippen molar-refractivity contribution < 1.29 is 0 Å². The van der Waals surface area contributed by atoms with E-state index in [-0.39, 0.29) is 0 Å². The molecular formula is C10H21N3S. The van der Waals surface area contributed by atoms with Crippen LogP contribution in [0.3, 0.4) is 0 Å². The maximum atomic E-state index is 5.92. The minimum Gasteiger partial charge on any atom is -0.370 e. The van der Waals surface area contributed by atoms with E-state index in [9.17, 15) is 0 Å². The van der Waals surface area contributed by atoms with Crippen LogP contribution >= 0.6 is 11.8 Å². The molecular weight excluding hydrogens is 194 g/mol. The smallest absolute Gasteiger partial charge is 0.191 e. The minimum atomic E-state index is 0.735. The summed E-state index contributed by atoms with van der Waals surface area (Å²) in [5, 5.41) is 0.735. The Balaban J connectivity index is 2.42. The lowest BCUT2D eigenvalue weighted by molar-refractivity contribution is 0.418. The zero-order valence-corrected chi connectivity index (χ0v) is 10.0. The van der Waals surface area contributed by atoms with Gasteiger partial charge in [0.2, 0.25) is 0 Å². The molecule has 0 radical (unpaired) electrons. The Bertz CT molecular complexity index is 194. The molecule has 0 amide bonds. The topological polar surface area (TPSA) is 41.6 Å². The van der Waals surface area contributed by atoms with Crippen molar-refractivity contribution in [2.24, 2.45) is 10.7 Å². The zero-order valence-electron chi connectivity index (χ0n) is 9.20. The van der Waals surface area contributed by atoms with Crippen molar-refractivity contribution in [1.82, 2.24) is 4.90 Å². The highest BCUT2D eigenvalue weighted by Crippen LogP contribution is 2.20. The third-order valence-electron chi connectivity index (χ3n) is 2.42. The second-order valence-corrected chi connectivity index (χ2v) is 5.00. The van der Waals surface area contributed by atoms with E-state index in [0.717, 1.165) is 37.3 Å². The van der Waals surface area contributed by atoms with E-state index in [2.05, 4.69) is 35.5 Å². The first-order valence-electron chi connectivity index (χ1n) is 5.44. The average Bonchev–Trinajstić information content (AvgIpc) is 2.26. The first-order valence-corrected chi connectivity index (χ1v) is 6.49. The highest BCUT2D eigenvalue weighted by molar-refractivity contribution is 8.00. The Hall–Kier alpha value is -0.380. The molecule has 82 valence electrons. The molecule has 0 aliphatic carbocycles. The summed E-state index contributed by atoms with van der Waals surface area (Å²) in [6.07, 6.45) is 2.29. The van der Waals surface area contributed by atoms with Gasteiger partial charge < -0.3 is 10.6 Å². The summed E-state index contributed by atoms with van der Waals surface area (Å²) in [5.41, 5.74) is 5.92. The monoisotopic (exact) mass is 215 g/mol. The van der Waals surface area contributed by atoms with Crippen molar-refractivity contribution in [3.63, 3.8) is 0 Å². The largest absolute Gasteiger partial charge is 0.370 e. The lowest BCUT2D eigenvalue weighted by Gasteiger charge is -2.32. The maximum Gasteiger partial charge on any atom is 0.191 e. The van der Waals surface area contributed by atoms with Gasteiger partial charge in [-0.2, -0.15) is 11.8 Å². The fourth-order valence-electron chi connectivity index (χ4n) is 1.50. The van der Waals surface area contributed by atoms with Crippen LogP contribution in [-0.4, -0.2) is 41.5 Å². The number of hydrogen-bond acceptors (Lipinski definition) is 2. The second kappa shape index (κ2) is 6.17. The molecule has 1 atom stereocenters. The predicted octanol–water partition coefficient (Wildman–Crippen LogP) is 1.54. The molecule has 1 unspecified atom stereocenters. The molecule has 1 heterocycles. The summed E-state index contributed by atoms with van der Waals surface area (Å²) in [6, 6.07) is 0. The fourth-order valence-corrected chi connectivity index (χ4v) is 2.68. The number of guanidine groups is 1. The van der Waals surface area contributed by atoms with Gasteiger partial charge in [0.25, 0.3) is 0 Å². The molecule has 0 aromatic rings. The first kappa shape index (κ1) is 11.7. The Morgan fingerprint density at radius 3 is 3.00 bits per heavy atom. The van der Waals surface area contributed by atoms with E-state index in [0.29, 0.717) is 0 Å². The standard InChI is InChI=1S/C10H21N3S/c1-3-5-12-10(11)13-6-7-14-9(4-2)8-13/h9H,3-8H2,1-2H3,(H2,11,12). The van der Waals surface area contributed by atoms with Crippen molar-refractivity contribution in [3.8, 4) is 0 Å². The Morgan fingerprint density at radius 1 is 1.57 bits per heavy atom. The summed E-state index contributed by atoms with van der Waals surface area (Å²) in [5.74, 6) is 1.92. The van der Waals surface area contributed by atoms with Crippen molar-refractivity contribution in [2.45, 2.75) is 31.9 Å². The Kier molecular flexibility index (Phi) is 5.15. The fraction of sp³-hybridized carbons (Fsp3) is 0.900. The van der Waals surface area contributed by atoms with Crippen LogP contribution in [0.15, 0.2) is 4.99 Å². The van der Waals surface area contributed by atoms with Gasteiger partial charge in [-0.25, -0.2) is 0 Å². The third-order valence-corrected chi connectivity index (χ3v) is 3.79. The van der Waals surface area contributed by atoms with E-state index in [1.807, 2.05) is 0 Å². The van der Waals surface area contributed by atoms with Crippen LogP contribution < -0.4 is 5.73 Å². The van der Waals surface area contributed by atoms with Gasteiger partial charge in [-0.05, 0) is 12.8 Å². The molecule has 0 aromatic heterocycles. The van der Waals surface area contributed by atoms with Gasteiger partial charge in [0.1, 0.15) is 0 Å². The van der Waals surface area contributed by atoms with Gasteiger partial charge in [0.15, 0.2) is 5.96 Å². The zero-order chi connectivity index (χ0) is 10.4. The van der Waals surface area contributed by atoms with Crippen molar-refractivity contribution in [2.75, 3.05) is 25.4 Å². The molecule has 0 aromatic carbocycles. The van der Waals surface area contributed by atoms with Crippen LogP contribution in [0, 0.1) is 0 Å². The van der Waals surface area contributed by atoms with Crippen LogP contribution in [0.5, 0.6) is 0 Å². The predicted molar refractivity (Wildman–Crippen MR) is 64.9 cm³/mol. The quantitative estimate of drug-likeness (QED) is 0.573. The van der Waals surface area contributed by atoms with Crippen LogP contribution in [0.4, 0.5) is 0 Å². The highest BCUT2D eigenvalue weighted by Gasteiger charge is 2.19. The SMILES string of the molecule is CCCN=C(N)N1CCSC(CC)C1. The second-order valence-electron chi connectivity index (χ2n) is 3.59. The number of rotatable bonds is 3. The molecule has 4 heteroatoms. The molecule has 0 saturated carbocycles. The van der Waals surface area contributed by atoms with Crippen LogP contribution in [0.25, 0.3) is 0 Å². The molecule has 1 fully saturated rings. The summed E-state index contributed by atoms with van der Waals surface area (Å²) in [6.45, 7) is 7.34. The molecule has 0 spiro atoms. The van der Waals surface area contributed by atoms with Crippen molar-refractivity contribution >= 4 is 17.7 Å². The average molecular weight is 215 g/mol. The van der Waals surface area contributed by atoms with Crippen LogP contribution in [0.1, 0.15) is 26.7 Å². The van der Waals surface area contributed by atoms with E-state index in [1.54, 1.807) is 0 Å². The van der Waals surface area contributed by atoms with Crippen molar-refractivity contribution in [3.05, 3.63) is 0 Å². The van der Waals surface area contributed by atoms with E-state index in [1.165, 1.54) is 12.2 Å². The lowest BCUT2D eigenvalue weighted by atomic mass is 10.3. The molecule has 0 bridgehead atoms. The molecule has 3 nitrogen and oxygen atoms in total. The van der Waals surface area contributed by atoms with Gasteiger partial charge >= 0.3 is 0 Å².